The van der Waals surface area contributed by atoms with Crippen LogP contribution in [0, 0.1) is 6.92 Å². The minimum atomic E-state index is 0.183. The van der Waals surface area contributed by atoms with E-state index >= 15 is 0 Å². The molecular formula is C10H14N6O3. The Labute approximate surface area is 109 Å². The lowest BCUT2D eigenvalue weighted by atomic mass is 10.4. The van der Waals surface area contributed by atoms with Crippen LogP contribution in [-0.2, 0) is 6.42 Å². The normalized spacial score (nSPS) is 10.3. The van der Waals surface area contributed by atoms with E-state index in [1.807, 2.05) is 0 Å². The summed E-state index contributed by atoms with van der Waals surface area (Å²) in [6, 6.07) is 0.367. The second-order valence-electron chi connectivity index (χ2n) is 3.54. The summed E-state index contributed by atoms with van der Waals surface area (Å²) < 4.78 is 14.9. The molecule has 0 bridgehead atoms. The van der Waals surface area contributed by atoms with Gasteiger partial charge in [0.05, 0.1) is 14.2 Å². The van der Waals surface area contributed by atoms with Crippen LogP contribution in [0.3, 0.4) is 0 Å². The number of hydrogen-bond donors (Lipinski definition) is 1. The van der Waals surface area contributed by atoms with Gasteiger partial charge in [0.1, 0.15) is 0 Å². The van der Waals surface area contributed by atoms with Crippen molar-refractivity contribution in [3.8, 4) is 12.0 Å². The zero-order valence-electron chi connectivity index (χ0n) is 10.9. The lowest BCUT2D eigenvalue weighted by Crippen LogP contribution is -2.10. The largest absolute Gasteiger partial charge is 0.467 e. The van der Waals surface area contributed by atoms with E-state index < -0.39 is 0 Å². The number of nitrogens with one attached hydrogen (secondary N) is 1. The van der Waals surface area contributed by atoms with Gasteiger partial charge in [0.2, 0.25) is 11.8 Å². The van der Waals surface area contributed by atoms with Crippen LogP contribution in [0.4, 0.5) is 5.95 Å². The average Bonchev–Trinajstić information content (AvgIpc) is 2.84. The first kappa shape index (κ1) is 13.0. The van der Waals surface area contributed by atoms with Crippen LogP contribution in [0.1, 0.15) is 11.7 Å². The van der Waals surface area contributed by atoms with Crippen molar-refractivity contribution in [2.24, 2.45) is 0 Å². The minimum Gasteiger partial charge on any atom is -0.467 e. The Kier molecular flexibility index (Phi) is 4.06. The Balaban J connectivity index is 1.95. The van der Waals surface area contributed by atoms with Crippen LogP contribution < -0.4 is 14.8 Å². The number of anilines is 1. The summed E-state index contributed by atoms with van der Waals surface area (Å²) in [6.45, 7) is 2.31. The lowest BCUT2D eigenvalue weighted by Gasteiger charge is -2.06. The molecule has 1 N–H and O–H groups in total. The SMILES string of the molecule is COc1nc(NCCc2nc(C)no2)nc(OC)n1. The number of hydrogen-bond acceptors (Lipinski definition) is 9. The fourth-order valence-electron chi connectivity index (χ4n) is 1.32. The van der Waals surface area contributed by atoms with Crippen molar-refractivity contribution in [1.29, 1.82) is 0 Å². The topological polar surface area (TPSA) is 108 Å². The Hall–Kier alpha value is -2.45. The molecule has 0 saturated heterocycles. The first-order chi connectivity index (χ1) is 9.21. The minimum absolute atomic E-state index is 0.183. The van der Waals surface area contributed by atoms with Crippen molar-refractivity contribution in [1.82, 2.24) is 25.1 Å². The van der Waals surface area contributed by atoms with Gasteiger partial charge < -0.3 is 19.3 Å². The van der Waals surface area contributed by atoms with Crippen molar-refractivity contribution < 1.29 is 14.0 Å². The van der Waals surface area contributed by atoms with Crippen molar-refractivity contribution >= 4 is 5.95 Å². The van der Waals surface area contributed by atoms with Gasteiger partial charge in [-0.3, -0.25) is 0 Å². The van der Waals surface area contributed by atoms with Crippen molar-refractivity contribution in [3.05, 3.63) is 11.7 Å². The quantitative estimate of drug-likeness (QED) is 0.785. The summed E-state index contributed by atoms with van der Waals surface area (Å²) in [5, 5.41) is 6.70. The standard InChI is InChI=1S/C10H14N6O3/c1-6-12-7(19-16-6)4-5-11-8-13-9(17-2)15-10(14-8)18-3/h4-5H2,1-3H3,(H,11,13,14,15). The summed E-state index contributed by atoms with van der Waals surface area (Å²) in [7, 11) is 2.94. The molecule has 9 heteroatoms. The number of rotatable bonds is 6. The zero-order chi connectivity index (χ0) is 13.7. The maximum absolute atomic E-state index is 4.99. The number of ether oxygens (including phenoxy) is 2. The van der Waals surface area contributed by atoms with E-state index in [0.717, 1.165) is 0 Å². The van der Waals surface area contributed by atoms with Gasteiger partial charge in [-0.25, -0.2) is 0 Å². The molecule has 0 radical (unpaired) electrons. The van der Waals surface area contributed by atoms with E-state index in [4.69, 9.17) is 14.0 Å². The molecule has 2 rings (SSSR count). The second kappa shape index (κ2) is 5.94. The van der Waals surface area contributed by atoms with E-state index in [-0.39, 0.29) is 12.0 Å². The fourth-order valence-corrected chi connectivity index (χ4v) is 1.32. The molecule has 2 aromatic heterocycles. The Bertz CT molecular complexity index is 522. The highest BCUT2D eigenvalue weighted by atomic mass is 16.5. The van der Waals surface area contributed by atoms with Crippen LogP contribution in [-0.4, -0.2) is 45.9 Å². The molecule has 0 amide bonds. The molecule has 0 aliphatic rings. The number of nitrogens with zero attached hydrogens (tertiary/aromatic N) is 5. The third-order valence-electron chi connectivity index (χ3n) is 2.15. The highest BCUT2D eigenvalue weighted by Gasteiger charge is 2.07. The van der Waals surface area contributed by atoms with Gasteiger partial charge in [-0.15, -0.1) is 4.98 Å². The predicted octanol–water partition coefficient (Wildman–Crippen LogP) is 0.235. The monoisotopic (exact) mass is 266 g/mol. The van der Waals surface area contributed by atoms with Gasteiger partial charge in [0.15, 0.2) is 5.82 Å². The molecule has 9 nitrogen and oxygen atoms in total. The number of methoxy groups -OCH3 is 2. The maximum Gasteiger partial charge on any atom is 0.324 e. The molecule has 0 saturated carbocycles. The number of aryl methyl sites for hydroxylation is 1. The first-order valence-corrected chi connectivity index (χ1v) is 5.58. The van der Waals surface area contributed by atoms with E-state index in [0.29, 0.717) is 30.6 Å². The predicted molar refractivity (Wildman–Crippen MR) is 64.2 cm³/mol. The highest BCUT2D eigenvalue weighted by molar-refractivity contribution is 5.27. The molecule has 0 unspecified atom stereocenters. The van der Waals surface area contributed by atoms with Crippen molar-refractivity contribution in [2.75, 3.05) is 26.1 Å². The fraction of sp³-hybridized carbons (Fsp3) is 0.500. The molecule has 0 spiro atoms. The molecule has 2 aromatic rings. The van der Waals surface area contributed by atoms with Crippen LogP contribution in [0.15, 0.2) is 4.52 Å². The van der Waals surface area contributed by atoms with Crippen LogP contribution in [0.2, 0.25) is 0 Å². The van der Waals surface area contributed by atoms with Crippen molar-refractivity contribution in [3.63, 3.8) is 0 Å². The smallest absolute Gasteiger partial charge is 0.324 e. The molecule has 102 valence electrons. The third kappa shape index (κ3) is 3.50. The van der Waals surface area contributed by atoms with Gasteiger partial charge in [-0.1, -0.05) is 5.16 Å². The summed E-state index contributed by atoms with van der Waals surface area (Å²) in [4.78, 5) is 16.0. The van der Waals surface area contributed by atoms with Gasteiger partial charge in [0, 0.05) is 13.0 Å². The van der Waals surface area contributed by atoms with Crippen molar-refractivity contribution in [2.45, 2.75) is 13.3 Å². The molecule has 0 fully saturated rings. The summed E-state index contributed by atoms with van der Waals surface area (Å²) in [6.07, 6.45) is 0.567. The molecule has 0 aliphatic carbocycles. The molecule has 0 atom stereocenters. The summed E-state index contributed by atoms with van der Waals surface area (Å²) in [5.74, 6) is 1.52. The van der Waals surface area contributed by atoms with Crippen LogP contribution >= 0.6 is 0 Å². The maximum atomic E-state index is 4.99. The number of aromatic nitrogens is 5. The molecule has 2 heterocycles. The first-order valence-electron chi connectivity index (χ1n) is 5.58. The zero-order valence-corrected chi connectivity index (χ0v) is 10.9. The van der Waals surface area contributed by atoms with E-state index in [1.54, 1.807) is 6.92 Å². The van der Waals surface area contributed by atoms with Gasteiger partial charge >= 0.3 is 12.0 Å². The van der Waals surface area contributed by atoms with Gasteiger partial charge in [0.25, 0.3) is 0 Å². The molecule has 0 aromatic carbocycles. The van der Waals surface area contributed by atoms with Gasteiger partial charge in [-0.05, 0) is 6.92 Å². The van der Waals surface area contributed by atoms with E-state index in [9.17, 15) is 0 Å². The average molecular weight is 266 g/mol. The third-order valence-corrected chi connectivity index (χ3v) is 2.15. The Morgan fingerprint density at radius 3 is 2.26 bits per heavy atom. The van der Waals surface area contributed by atoms with Gasteiger partial charge in [-0.2, -0.15) is 15.0 Å². The second-order valence-corrected chi connectivity index (χ2v) is 3.54. The lowest BCUT2D eigenvalue weighted by molar-refractivity contribution is 0.341. The summed E-state index contributed by atoms with van der Waals surface area (Å²) >= 11 is 0. The molecule has 0 aliphatic heterocycles. The summed E-state index contributed by atoms with van der Waals surface area (Å²) in [5.41, 5.74) is 0. The molecule has 19 heavy (non-hydrogen) atoms. The van der Waals surface area contributed by atoms with Crippen LogP contribution in [0.25, 0.3) is 0 Å². The van der Waals surface area contributed by atoms with E-state index in [1.165, 1.54) is 14.2 Å². The Morgan fingerprint density at radius 2 is 1.74 bits per heavy atom. The van der Waals surface area contributed by atoms with Crippen LogP contribution in [0.5, 0.6) is 12.0 Å². The van der Waals surface area contributed by atoms with E-state index in [2.05, 4.69) is 30.4 Å². The molecular weight excluding hydrogens is 252 g/mol. The highest BCUT2D eigenvalue weighted by Crippen LogP contribution is 2.11. The Morgan fingerprint density at radius 1 is 1.05 bits per heavy atom.